The van der Waals surface area contributed by atoms with Crippen molar-refractivity contribution < 1.29 is 5.11 Å². The van der Waals surface area contributed by atoms with Crippen LogP contribution in [0.4, 0.5) is 0 Å². The Bertz CT molecular complexity index is 222. The van der Waals surface area contributed by atoms with Crippen molar-refractivity contribution in [1.29, 1.82) is 0 Å². The summed E-state index contributed by atoms with van der Waals surface area (Å²) >= 11 is 0. The maximum atomic E-state index is 8.97. The van der Waals surface area contributed by atoms with Gasteiger partial charge in [0.1, 0.15) is 5.75 Å². The Morgan fingerprint density at radius 2 is 1.83 bits per heavy atom. The highest BCUT2D eigenvalue weighted by molar-refractivity contribution is 14.0. The first-order valence-electron chi connectivity index (χ1n) is 3.78. The molecule has 0 fully saturated rings. The van der Waals surface area contributed by atoms with Crippen LogP contribution in [-0.4, -0.2) is 5.11 Å². The molecular weight excluding hydrogens is 265 g/mol. The molecule has 1 atom stereocenters. The SMILES string of the molecule is CCC(N)c1ccc(O)cc1.I. The van der Waals surface area contributed by atoms with Crippen LogP contribution < -0.4 is 5.73 Å². The lowest BCUT2D eigenvalue weighted by molar-refractivity contribution is 0.475. The molecule has 3 heteroatoms. The molecule has 0 amide bonds. The van der Waals surface area contributed by atoms with Crippen LogP contribution in [0.2, 0.25) is 0 Å². The maximum absolute atomic E-state index is 8.97. The summed E-state index contributed by atoms with van der Waals surface area (Å²) in [5.41, 5.74) is 6.84. The zero-order chi connectivity index (χ0) is 8.27. The smallest absolute Gasteiger partial charge is 0.115 e. The van der Waals surface area contributed by atoms with E-state index in [1.807, 2.05) is 19.1 Å². The van der Waals surface area contributed by atoms with E-state index < -0.39 is 0 Å². The molecular formula is C9H14INO. The molecule has 68 valence electrons. The summed E-state index contributed by atoms with van der Waals surface area (Å²) in [6.45, 7) is 2.04. The van der Waals surface area contributed by atoms with E-state index in [2.05, 4.69) is 0 Å². The van der Waals surface area contributed by atoms with E-state index in [-0.39, 0.29) is 35.8 Å². The number of hydrogen-bond donors (Lipinski definition) is 2. The van der Waals surface area contributed by atoms with Crippen molar-refractivity contribution in [1.82, 2.24) is 0 Å². The first-order chi connectivity index (χ1) is 5.24. The summed E-state index contributed by atoms with van der Waals surface area (Å²) in [5.74, 6) is 0.289. The number of aromatic hydroxyl groups is 1. The summed E-state index contributed by atoms with van der Waals surface area (Å²) in [5, 5.41) is 8.97. The second-order valence-corrected chi connectivity index (χ2v) is 2.61. The number of phenols is 1. The summed E-state index contributed by atoms with van der Waals surface area (Å²) in [4.78, 5) is 0. The van der Waals surface area contributed by atoms with Gasteiger partial charge in [-0.3, -0.25) is 0 Å². The van der Waals surface area contributed by atoms with E-state index in [0.717, 1.165) is 12.0 Å². The lowest BCUT2D eigenvalue weighted by atomic mass is 10.1. The van der Waals surface area contributed by atoms with Gasteiger partial charge >= 0.3 is 0 Å². The van der Waals surface area contributed by atoms with Crippen LogP contribution in [0.15, 0.2) is 24.3 Å². The van der Waals surface area contributed by atoms with Gasteiger partial charge in [0, 0.05) is 6.04 Å². The maximum Gasteiger partial charge on any atom is 0.115 e. The minimum atomic E-state index is 0. The average molecular weight is 279 g/mol. The molecule has 0 heterocycles. The van der Waals surface area contributed by atoms with Gasteiger partial charge in [0.15, 0.2) is 0 Å². The summed E-state index contributed by atoms with van der Waals surface area (Å²) in [7, 11) is 0. The number of nitrogens with two attached hydrogens (primary N) is 1. The summed E-state index contributed by atoms with van der Waals surface area (Å²) in [6.07, 6.45) is 0.921. The monoisotopic (exact) mass is 279 g/mol. The molecule has 1 unspecified atom stereocenters. The number of rotatable bonds is 2. The van der Waals surface area contributed by atoms with Crippen molar-refractivity contribution in [2.75, 3.05) is 0 Å². The van der Waals surface area contributed by atoms with Crippen LogP contribution in [0, 0.1) is 0 Å². The first-order valence-corrected chi connectivity index (χ1v) is 3.78. The first kappa shape index (κ1) is 11.7. The van der Waals surface area contributed by atoms with Gasteiger partial charge in [-0.15, -0.1) is 24.0 Å². The number of benzene rings is 1. The quantitative estimate of drug-likeness (QED) is 0.817. The van der Waals surface area contributed by atoms with E-state index in [9.17, 15) is 0 Å². The fourth-order valence-corrected chi connectivity index (χ4v) is 0.957. The fourth-order valence-electron chi connectivity index (χ4n) is 0.957. The molecule has 0 radical (unpaired) electrons. The Kier molecular flexibility index (Phi) is 5.24. The van der Waals surface area contributed by atoms with Gasteiger partial charge in [-0.05, 0) is 24.1 Å². The van der Waals surface area contributed by atoms with Gasteiger partial charge in [-0.1, -0.05) is 19.1 Å². The third-order valence-corrected chi connectivity index (χ3v) is 1.76. The third kappa shape index (κ3) is 2.98. The Hall–Kier alpha value is -0.290. The topological polar surface area (TPSA) is 46.2 Å². The Morgan fingerprint density at radius 1 is 1.33 bits per heavy atom. The van der Waals surface area contributed by atoms with Crippen molar-refractivity contribution in [3.05, 3.63) is 29.8 Å². The van der Waals surface area contributed by atoms with Crippen LogP contribution in [0.5, 0.6) is 5.75 Å². The molecule has 1 aromatic carbocycles. The molecule has 0 bridgehead atoms. The molecule has 0 spiro atoms. The normalized spacial score (nSPS) is 11.8. The van der Waals surface area contributed by atoms with Gasteiger partial charge in [-0.25, -0.2) is 0 Å². The fraction of sp³-hybridized carbons (Fsp3) is 0.333. The predicted octanol–water partition coefficient (Wildman–Crippen LogP) is 2.42. The van der Waals surface area contributed by atoms with Gasteiger partial charge in [0.2, 0.25) is 0 Å². The highest BCUT2D eigenvalue weighted by Crippen LogP contribution is 2.16. The minimum absolute atomic E-state index is 0. The number of halogens is 1. The minimum Gasteiger partial charge on any atom is -0.508 e. The summed E-state index contributed by atoms with van der Waals surface area (Å²) in [6, 6.07) is 7.11. The molecule has 0 aliphatic heterocycles. The molecule has 0 aliphatic carbocycles. The van der Waals surface area contributed by atoms with Crippen molar-refractivity contribution in [3.63, 3.8) is 0 Å². The van der Waals surface area contributed by atoms with Crippen LogP contribution in [-0.2, 0) is 0 Å². The van der Waals surface area contributed by atoms with Gasteiger partial charge in [-0.2, -0.15) is 0 Å². The Labute approximate surface area is 89.8 Å². The van der Waals surface area contributed by atoms with Crippen molar-refractivity contribution in [2.24, 2.45) is 5.73 Å². The van der Waals surface area contributed by atoms with Crippen molar-refractivity contribution >= 4 is 24.0 Å². The molecule has 0 aliphatic rings. The van der Waals surface area contributed by atoms with Gasteiger partial charge in [0.25, 0.3) is 0 Å². The number of phenolic OH excluding ortho intramolecular Hbond substituents is 1. The molecule has 0 aromatic heterocycles. The molecule has 1 aromatic rings. The number of hydrogen-bond acceptors (Lipinski definition) is 2. The van der Waals surface area contributed by atoms with E-state index in [1.54, 1.807) is 12.1 Å². The van der Waals surface area contributed by atoms with Crippen LogP contribution >= 0.6 is 24.0 Å². The Morgan fingerprint density at radius 3 is 2.25 bits per heavy atom. The molecule has 0 saturated heterocycles. The highest BCUT2D eigenvalue weighted by atomic mass is 127. The van der Waals surface area contributed by atoms with Crippen LogP contribution in [0.25, 0.3) is 0 Å². The second kappa shape index (κ2) is 5.37. The molecule has 2 nitrogen and oxygen atoms in total. The molecule has 12 heavy (non-hydrogen) atoms. The van der Waals surface area contributed by atoms with E-state index in [4.69, 9.17) is 10.8 Å². The van der Waals surface area contributed by atoms with E-state index in [1.165, 1.54) is 0 Å². The van der Waals surface area contributed by atoms with Crippen LogP contribution in [0.3, 0.4) is 0 Å². The van der Waals surface area contributed by atoms with Crippen molar-refractivity contribution in [3.8, 4) is 5.75 Å². The van der Waals surface area contributed by atoms with Gasteiger partial charge in [0.05, 0.1) is 0 Å². The lowest BCUT2D eigenvalue weighted by Crippen LogP contribution is -2.07. The lowest BCUT2D eigenvalue weighted by Gasteiger charge is -2.07. The van der Waals surface area contributed by atoms with Crippen molar-refractivity contribution in [2.45, 2.75) is 19.4 Å². The van der Waals surface area contributed by atoms with E-state index in [0.29, 0.717) is 0 Å². The molecule has 3 N–H and O–H groups in total. The average Bonchev–Trinajstić information content (AvgIpc) is 2.05. The largest absolute Gasteiger partial charge is 0.508 e. The zero-order valence-electron chi connectivity index (χ0n) is 7.03. The standard InChI is InChI=1S/C9H13NO.HI/c1-2-9(10)7-3-5-8(11)6-4-7;/h3-6,9,11H,2,10H2,1H3;1H. The predicted molar refractivity (Wildman–Crippen MR) is 60.7 cm³/mol. The molecule has 0 saturated carbocycles. The third-order valence-electron chi connectivity index (χ3n) is 1.76. The second-order valence-electron chi connectivity index (χ2n) is 2.61. The van der Waals surface area contributed by atoms with Gasteiger partial charge < -0.3 is 10.8 Å². The van der Waals surface area contributed by atoms with E-state index >= 15 is 0 Å². The summed E-state index contributed by atoms with van der Waals surface area (Å²) < 4.78 is 0. The highest BCUT2D eigenvalue weighted by Gasteiger charge is 2.01. The Balaban J connectivity index is 0.00000121. The molecule has 1 rings (SSSR count). The zero-order valence-corrected chi connectivity index (χ0v) is 9.36. The van der Waals surface area contributed by atoms with Crippen LogP contribution in [0.1, 0.15) is 24.9 Å².